The first-order valence-corrected chi connectivity index (χ1v) is 9.94. The molecule has 0 spiro atoms. The van der Waals surface area contributed by atoms with Crippen LogP contribution in [-0.2, 0) is 13.0 Å². The topological polar surface area (TPSA) is 39.7 Å². The van der Waals surface area contributed by atoms with E-state index < -0.39 is 0 Å². The molecule has 0 aromatic heterocycles. The number of benzene rings is 3. The molecule has 0 amide bonds. The Hall–Kier alpha value is -2.98. The minimum Gasteiger partial charge on any atom is -0.497 e. The maximum Gasteiger partial charge on any atom is 0.162 e. The predicted octanol–water partition coefficient (Wildman–Crippen LogP) is 4.83. The second-order valence-corrected chi connectivity index (χ2v) is 7.40. The Kier molecular flexibility index (Phi) is 5.72. The van der Waals surface area contributed by atoms with Crippen molar-refractivity contribution in [3.05, 3.63) is 88.5 Å². The lowest BCUT2D eigenvalue weighted by Gasteiger charge is -2.29. The third-order valence-electron chi connectivity index (χ3n) is 5.36. The largest absolute Gasteiger partial charge is 0.497 e. The zero-order valence-corrected chi connectivity index (χ0v) is 17.2. The maximum absolute atomic E-state index is 6.16. The van der Waals surface area contributed by atoms with Crippen LogP contribution in [0.3, 0.4) is 0 Å². The second kappa shape index (κ2) is 8.58. The molecule has 0 saturated heterocycles. The molecule has 4 rings (SSSR count). The molecule has 4 heteroatoms. The summed E-state index contributed by atoms with van der Waals surface area (Å²) in [6, 6.07) is 20.9. The standard InChI is InChI=1S/C25H27NO3/c1-17-11-20(13-21(12-17)27-2)25-22-15-24(29-16-18-7-5-4-6-8-18)23(28-3)14-19(22)9-10-26-25/h4-8,11-15,25-26H,9-10,16H2,1-3H3. The van der Waals surface area contributed by atoms with Crippen LogP contribution in [0.2, 0.25) is 0 Å². The molecule has 3 aromatic carbocycles. The monoisotopic (exact) mass is 389 g/mol. The summed E-state index contributed by atoms with van der Waals surface area (Å²) in [6.45, 7) is 3.52. The number of hydrogen-bond acceptors (Lipinski definition) is 4. The number of hydrogen-bond donors (Lipinski definition) is 1. The van der Waals surface area contributed by atoms with Crippen molar-refractivity contribution in [3.63, 3.8) is 0 Å². The molecular weight excluding hydrogens is 362 g/mol. The maximum atomic E-state index is 6.16. The minimum absolute atomic E-state index is 0.0949. The minimum atomic E-state index is 0.0949. The molecule has 0 radical (unpaired) electrons. The number of aryl methyl sites for hydroxylation is 1. The van der Waals surface area contributed by atoms with E-state index in [1.165, 1.54) is 22.3 Å². The summed E-state index contributed by atoms with van der Waals surface area (Å²) < 4.78 is 17.3. The zero-order chi connectivity index (χ0) is 20.2. The summed E-state index contributed by atoms with van der Waals surface area (Å²) in [6.07, 6.45) is 0.962. The Balaban J connectivity index is 1.69. The van der Waals surface area contributed by atoms with Gasteiger partial charge in [0.25, 0.3) is 0 Å². The van der Waals surface area contributed by atoms with Gasteiger partial charge in [-0.25, -0.2) is 0 Å². The van der Waals surface area contributed by atoms with E-state index in [9.17, 15) is 0 Å². The zero-order valence-electron chi connectivity index (χ0n) is 17.2. The van der Waals surface area contributed by atoms with Gasteiger partial charge in [-0.1, -0.05) is 36.4 Å². The number of nitrogens with one attached hydrogen (secondary N) is 1. The molecule has 1 aliphatic rings. The molecule has 0 aliphatic carbocycles. The molecule has 4 nitrogen and oxygen atoms in total. The first-order valence-electron chi connectivity index (χ1n) is 9.94. The first-order chi connectivity index (χ1) is 14.2. The Morgan fingerprint density at radius 2 is 1.76 bits per heavy atom. The lowest BCUT2D eigenvalue weighted by Crippen LogP contribution is -2.30. The van der Waals surface area contributed by atoms with Gasteiger partial charge in [-0.3, -0.25) is 0 Å². The number of methoxy groups -OCH3 is 2. The van der Waals surface area contributed by atoms with E-state index in [4.69, 9.17) is 14.2 Å². The van der Waals surface area contributed by atoms with Crippen molar-refractivity contribution < 1.29 is 14.2 Å². The van der Waals surface area contributed by atoms with Gasteiger partial charge < -0.3 is 19.5 Å². The average Bonchev–Trinajstić information content (AvgIpc) is 2.76. The van der Waals surface area contributed by atoms with Gasteiger partial charge >= 0.3 is 0 Å². The molecule has 0 bridgehead atoms. The molecule has 1 atom stereocenters. The Morgan fingerprint density at radius 1 is 0.931 bits per heavy atom. The fourth-order valence-corrected chi connectivity index (χ4v) is 3.93. The van der Waals surface area contributed by atoms with E-state index in [1.807, 2.05) is 18.2 Å². The fourth-order valence-electron chi connectivity index (χ4n) is 3.93. The van der Waals surface area contributed by atoms with E-state index in [0.717, 1.165) is 35.8 Å². The van der Waals surface area contributed by atoms with E-state index in [2.05, 4.69) is 54.7 Å². The van der Waals surface area contributed by atoms with Crippen LogP contribution < -0.4 is 19.5 Å². The van der Waals surface area contributed by atoms with Crippen LogP contribution in [-0.4, -0.2) is 20.8 Å². The molecule has 1 unspecified atom stereocenters. The SMILES string of the molecule is COc1cc(C)cc(C2NCCc3cc(OC)c(OCc4ccccc4)cc32)c1. The highest BCUT2D eigenvalue weighted by Crippen LogP contribution is 2.38. The van der Waals surface area contributed by atoms with Crippen molar-refractivity contribution in [2.24, 2.45) is 0 Å². The normalized spacial score (nSPS) is 15.5. The first kappa shape index (κ1) is 19.3. The molecule has 3 aromatic rings. The lowest BCUT2D eigenvalue weighted by atomic mass is 9.88. The van der Waals surface area contributed by atoms with Crippen molar-refractivity contribution in [2.45, 2.75) is 26.0 Å². The van der Waals surface area contributed by atoms with Crippen LogP contribution in [0.1, 0.15) is 33.9 Å². The molecule has 1 N–H and O–H groups in total. The van der Waals surface area contributed by atoms with E-state index in [0.29, 0.717) is 6.61 Å². The second-order valence-electron chi connectivity index (χ2n) is 7.40. The molecular formula is C25H27NO3. The molecule has 0 saturated carbocycles. The van der Waals surface area contributed by atoms with Crippen LogP contribution in [0, 0.1) is 6.92 Å². The molecule has 29 heavy (non-hydrogen) atoms. The predicted molar refractivity (Wildman–Crippen MR) is 115 cm³/mol. The third-order valence-corrected chi connectivity index (χ3v) is 5.36. The number of rotatable bonds is 6. The Labute approximate surface area is 172 Å². The van der Waals surface area contributed by atoms with Crippen LogP contribution in [0.25, 0.3) is 0 Å². The van der Waals surface area contributed by atoms with Crippen molar-refractivity contribution in [3.8, 4) is 17.2 Å². The van der Waals surface area contributed by atoms with Crippen LogP contribution in [0.5, 0.6) is 17.2 Å². The average molecular weight is 389 g/mol. The van der Waals surface area contributed by atoms with Gasteiger partial charge in [-0.05, 0) is 65.4 Å². The van der Waals surface area contributed by atoms with Crippen LogP contribution in [0.4, 0.5) is 0 Å². The van der Waals surface area contributed by atoms with Crippen LogP contribution >= 0.6 is 0 Å². The van der Waals surface area contributed by atoms with Gasteiger partial charge in [-0.2, -0.15) is 0 Å². The molecule has 150 valence electrons. The third kappa shape index (κ3) is 4.22. The van der Waals surface area contributed by atoms with E-state index in [-0.39, 0.29) is 6.04 Å². The van der Waals surface area contributed by atoms with E-state index in [1.54, 1.807) is 14.2 Å². The molecule has 1 aliphatic heterocycles. The van der Waals surface area contributed by atoms with Crippen molar-refractivity contribution in [1.29, 1.82) is 0 Å². The smallest absolute Gasteiger partial charge is 0.162 e. The quantitative estimate of drug-likeness (QED) is 0.656. The van der Waals surface area contributed by atoms with E-state index >= 15 is 0 Å². The summed E-state index contributed by atoms with van der Waals surface area (Å²) in [4.78, 5) is 0. The molecule has 0 fully saturated rings. The van der Waals surface area contributed by atoms with Crippen molar-refractivity contribution >= 4 is 0 Å². The summed E-state index contributed by atoms with van der Waals surface area (Å²) >= 11 is 0. The van der Waals surface area contributed by atoms with Gasteiger partial charge in [0.05, 0.1) is 20.3 Å². The lowest BCUT2D eigenvalue weighted by molar-refractivity contribution is 0.283. The summed E-state index contributed by atoms with van der Waals surface area (Å²) in [5, 5.41) is 3.66. The van der Waals surface area contributed by atoms with Gasteiger partial charge in [0, 0.05) is 6.54 Å². The number of fused-ring (bicyclic) bond motifs is 1. The Bertz CT molecular complexity index is 985. The van der Waals surface area contributed by atoms with Crippen molar-refractivity contribution in [2.75, 3.05) is 20.8 Å². The summed E-state index contributed by atoms with van der Waals surface area (Å²) in [5.74, 6) is 2.42. The van der Waals surface area contributed by atoms with Gasteiger partial charge in [0.1, 0.15) is 12.4 Å². The highest BCUT2D eigenvalue weighted by molar-refractivity contribution is 5.52. The highest BCUT2D eigenvalue weighted by Gasteiger charge is 2.24. The number of ether oxygens (including phenoxy) is 3. The van der Waals surface area contributed by atoms with Crippen molar-refractivity contribution in [1.82, 2.24) is 5.32 Å². The summed E-state index contributed by atoms with van der Waals surface area (Å²) in [5.41, 5.74) is 6.03. The van der Waals surface area contributed by atoms with Gasteiger partial charge in [-0.15, -0.1) is 0 Å². The Morgan fingerprint density at radius 3 is 2.52 bits per heavy atom. The summed E-state index contributed by atoms with van der Waals surface area (Å²) in [7, 11) is 3.41. The molecule has 1 heterocycles. The highest BCUT2D eigenvalue weighted by atomic mass is 16.5. The fraction of sp³-hybridized carbons (Fsp3) is 0.280. The van der Waals surface area contributed by atoms with Gasteiger partial charge in [0.2, 0.25) is 0 Å². The van der Waals surface area contributed by atoms with Gasteiger partial charge in [0.15, 0.2) is 11.5 Å². The van der Waals surface area contributed by atoms with Crippen LogP contribution in [0.15, 0.2) is 60.7 Å².